The third-order valence-corrected chi connectivity index (χ3v) is 1.22. The Labute approximate surface area is 99.3 Å². The Morgan fingerprint density at radius 2 is 1.41 bits per heavy atom. The van der Waals surface area contributed by atoms with Crippen LogP contribution >= 0.6 is 0 Å². The number of carbonyl (C=O) groups is 2. The fourth-order valence-corrected chi connectivity index (χ4v) is 0.482. The van der Waals surface area contributed by atoms with Crippen LogP contribution in [0, 0.1) is 0 Å². The molecule has 0 aliphatic carbocycles. The van der Waals surface area contributed by atoms with E-state index >= 15 is 0 Å². The van der Waals surface area contributed by atoms with Crippen LogP contribution in [0.5, 0.6) is 0 Å². The maximum Gasteiger partial charge on any atom is 0.508 e. The molecule has 17 heavy (non-hydrogen) atoms. The molecule has 100 valence electrons. The molecule has 0 bridgehead atoms. The van der Waals surface area contributed by atoms with Gasteiger partial charge in [0.2, 0.25) is 0 Å². The monoisotopic (exact) mass is 250 g/mol. The maximum absolute atomic E-state index is 10.6. The molecular formula is C10H18O7. The molecule has 0 aromatic heterocycles. The van der Waals surface area contributed by atoms with Crippen molar-refractivity contribution in [1.29, 1.82) is 0 Å². The van der Waals surface area contributed by atoms with Gasteiger partial charge in [-0.3, -0.25) is 0 Å². The van der Waals surface area contributed by atoms with Gasteiger partial charge in [0.25, 0.3) is 0 Å². The molecule has 0 amide bonds. The zero-order valence-electron chi connectivity index (χ0n) is 9.50. The summed E-state index contributed by atoms with van der Waals surface area (Å²) in [5.74, 6) is -0.981. The first-order valence-electron chi connectivity index (χ1n) is 4.95. The molecule has 0 aliphatic rings. The van der Waals surface area contributed by atoms with Crippen molar-refractivity contribution in [3.05, 3.63) is 12.7 Å². The van der Waals surface area contributed by atoms with E-state index < -0.39 is 12.1 Å². The van der Waals surface area contributed by atoms with E-state index in [-0.39, 0.29) is 26.4 Å². The van der Waals surface area contributed by atoms with Gasteiger partial charge in [0.05, 0.1) is 13.2 Å². The third kappa shape index (κ3) is 20.5. The normalized spacial score (nSPS) is 8.59. The molecule has 0 aromatic carbocycles. The zero-order chi connectivity index (χ0) is 13.5. The second-order valence-electron chi connectivity index (χ2n) is 2.64. The van der Waals surface area contributed by atoms with Crippen molar-refractivity contribution in [2.45, 2.75) is 12.8 Å². The minimum atomic E-state index is -0.981. The molecule has 0 atom stereocenters. The molecule has 0 rings (SSSR count). The van der Waals surface area contributed by atoms with Gasteiger partial charge in [-0.05, 0) is 0 Å². The lowest BCUT2D eigenvalue weighted by Gasteiger charge is -2.03. The van der Waals surface area contributed by atoms with Crippen LogP contribution in [0.1, 0.15) is 12.8 Å². The van der Waals surface area contributed by atoms with Crippen LogP contribution in [0.15, 0.2) is 12.7 Å². The highest BCUT2D eigenvalue weighted by Crippen LogP contribution is 1.89. The van der Waals surface area contributed by atoms with Crippen molar-refractivity contribution < 1.29 is 34.4 Å². The van der Waals surface area contributed by atoms with Gasteiger partial charge < -0.3 is 24.8 Å². The molecule has 3 N–H and O–H groups in total. The highest BCUT2D eigenvalue weighted by atomic mass is 16.7. The van der Waals surface area contributed by atoms with Crippen LogP contribution in [-0.4, -0.2) is 53.9 Å². The van der Waals surface area contributed by atoms with Crippen LogP contribution in [0.25, 0.3) is 0 Å². The molecule has 0 radical (unpaired) electrons. The molecule has 0 saturated carbocycles. The standard InChI is InChI=1S/C7H14O5.C3H4O2/c8-3-1-5-11-7(10)12-6-2-4-9;1-2-3(4)5/h8-9H,1-6H2;2H,1H2,(H,4,5). The van der Waals surface area contributed by atoms with Crippen molar-refractivity contribution in [3.8, 4) is 0 Å². The number of aliphatic hydroxyl groups excluding tert-OH is 2. The van der Waals surface area contributed by atoms with Crippen LogP contribution < -0.4 is 0 Å². The number of aliphatic hydroxyl groups is 2. The Morgan fingerprint density at radius 3 is 1.65 bits per heavy atom. The van der Waals surface area contributed by atoms with Gasteiger partial charge in [-0.2, -0.15) is 0 Å². The summed E-state index contributed by atoms with van der Waals surface area (Å²) >= 11 is 0. The lowest BCUT2D eigenvalue weighted by molar-refractivity contribution is -0.131. The molecule has 0 saturated heterocycles. The molecule has 0 aromatic rings. The number of hydrogen-bond donors (Lipinski definition) is 3. The van der Waals surface area contributed by atoms with Crippen molar-refractivity contribution in [2.75, 3.05) is 26.4 Å². The number of carboxylic acid groups (broad SMARTS) is 1. The first kappa shape index (κ1) is 17.8. The van der Waals surface area contributed by atoms with Gasteiger partial charge in [-0.15, -0.1) is 0 Å². The lowest BCUT2D eigenvalue weighted by Crippen LogP contribution is -2.10. The summed E-state index contributed by atoms with van der Waals surface area (Å²) in [5.41, 5.74) is 0. The predicted molar refractivity (Wildman–Crippen MR) is 58.5 cm³/mol. The van der Waals surface area contributed by atoms with E-state index in [9.17, 15) is 9.59 Å². The topological polar surface area (TPSA) is 113 Å². The number of rotatable bonds is 7. The van der Waals surface area contributed by atoms with Crippen molar-refractivity contribution in [3.63, 3.8) is 0 Å². The van der Waals surface area contributed by atoms with Gasteiger partial charge in [-0.1, -0.05) is 6.58 Å². The van der Waals surface area contributed by atoms with E-state index in [1.807, 2.05) is 0 Å². The van der Waals surface area contributed by atoms with Gasteiger partial charge in [0, 0.05) is 32.1 Å². The zero-order valence-corrected chi connectivity index (χ0v) is 9.50. The van der Waals surface area contributed by atoms with E-state index in [2.05, 4.69) is 16.1 Å². The second kappa shape index (κ2) is 14.4. The summed E-state index contributed by atoms with van der Waals surface area (Å²) < 4.78 is 9.05. The van der Waals surface area contributed by atoms with Crippen LogP contribution in [0.3, 0.4) is 0 Å². The molecule has 0 fully saturated rings. The Balaban J connectivity index is 0. The third-order valence-electron chi connectivity index (χ3n) is 1.22. The number of ether oxygens (including phenoxy) is 2. The van der Waals surface area contributed by atoms with Crippen molar-refractivity contribution in [1.82, 2.24) is 0 Å². The summed E-state index contributed by atoms with van der Waals surface area (Å²) in [6, 6.07) is 0. The number of carbonyl (C=O) groups excluding carboxylic acids is 1. The summed E-state index contributed by atoms with van der Waals surface area (Å²) in [7, 11) is 0. The Kier molecular flexibility index (Phi) is 15.1. The Bertz CT molecular complexity index is 203. The minimum Gasteiger partial charge on any atom is -0.478 e. The van der Waals surface area contributed by atoms with Gasteiger partial charge in [0.1, 0.15) is 0 Å². The summed E-state index contributed by atoms with van der Waals surface area (Å²) in [4.78, 5) is 19.8. The average Bonchev–Trinajstić information content (AvgIpc) is 2.30. The lowest BCUT2D eigenvalue weighted by atomic mass is 10.5. The highest BCUT2D eigenvalue weighted by Gasteiger charge is 2.01. The number of carboxylic acids is 1. The van der Waals surface area contributed by atoms with E-state index in [0.717, 1.165) is 6.08 Å². The van der Waals surface area contributed by atoms with E-state index in [0.29, 0.717) is 12.8 Å². The van der Waals surface area contributed by atoms with Crippen LogP contribution in [0.2, 0.25) is 0 Å². The Morgan fingerprint density at radius 1 is 1.06 bits per heavy atom. The van der Waals surface area contributed by atoms with E-state index in [1.54, 1.807) is 0 Å². The first-order chi connectivity index (χ1) is 8.08. The van der Waals surface area contributed by atoms with Crippen LogP contribution in [-0.2, 0) is 14.3 Å². The van der Waals surface area contributed by atoms with Gasteiger partial charge >= 0.3 is 12.1 Å². The number of hydrogen-bond acceptors (Lipinski definition) is 6. The SMILES string of the molecule is C=CC(=O)O.O=C(OCCCO)OCCCO. The Hall–Kier alpha value is -1.60. The van der Waals surface area contributed by atoms with Gasteiger partial charge in [0.15, 0.2) is 0 Å². The number of aliphatic carboxylic acids is 1. The van der Waals surface area contributed by atoms with Crippen LogP contribution in [0.4, 0.5) is 4.79 Å². The summed E-state index contributed by atoms with van der Waals surface area (Å²) in [6.45, 7) is 3.26. The maximum atomic E-state index is 10.6. The predicted octanol–water partition coefficient (Wildman–Crippen LogP) is 0.161. The fourth-order valence-electron chi connectivity index (χ4n) is 0.482. The molecule has 0 heterocycles. The largest absolute Gasteiger partial charge is 0.508 e. The first-order valence-corrected chi connectivity index (χ1v) is 4.95. The molecule has 0 spiro atoms. The highest BCUT2D eigenvalue weighted by molar-refractivity contribution is 5.78. The van der Waals surface area contributed by atoms with E-state index in [4.69, 9.17) is 15.3 Å². The molecule has 7 nitrogen and oxygen atoms in total. The van der Waals surface area contributed by atoms with Crippen molar-refractivity contribution in [2.24, 2.45) is 0 Å². The van der Waals surface area contributed by atoms with E-state index in [1.165, 1.54) is 0 Å². The molecular weight excluding hydrogens is 232 g/mol. The summed E-state index contributed by atoms with van der Waals surface area (Å²) in [5, 5.41) is 24.3. The average molecular weight is 250 g/mol. The molecule has 0 unspecified atom stereocenters. The van der Waals surface area contributed by atoms with Crippen molar-refractivity contribution >= 4 is 12.1 Å². The molecule has 7 heteroatoms. The summed E-state index contributed by atoms with van der Waals surface area (Å²) in [6.07, 6.45) is 0.904. The minimum absolute atomic E-state index is 0.0100. The quantitative estimate of drug-likeness (QED) is 0.335. The second-order valence-corrected chi connectivity index (χ2v) is 2.64. The van der Waals surface area contributed by atoms with Gasteiger partial charge in [-0.25, -0.2) is 9.59 Å². The molecule has 0 aliphatic heterocycles. The fraction of sp³-hybridized carbons (Fsp3) is 0.600. The smallest absolute Gasteiger partial charge is 0.478 e.